The van der Waals surface area contributed by atoms with Crippen LogP contribution in [-0.2, 0) is 13.9 Å². The molecule has 1 heterocycles. The third-order valence-corrected chi connectivity index (χ3v) is 11.3. The van der Waals surface area contributed by atoms with Crippen molar-refractivity contribution in [3.8, 4) is 0 Å². The Labute approximate surface area is 195 Å². The van der Waals surface area contributed by atoms with Crippen molar-refractivity contribution in [3.05, 3.63) is 97.1 Å². The van der Waals surface area contributed by atoms with Gasteiger partial charge in [0.05, 0.1) is 0 Å². The lowest BCUT2D eigenvalue weighted by Crippen LogP contribution is -2.55. The molecule has 2 aromatic carbocycles. The minimum absolute atomic E-state index is 0.0524. The molecule has 1 aliphatic rings. The van der Waals surface area contributed by atoms with Crippen LogP contribution in [0.3, 0.4) is 0 Å². The van der Waals surface area contributed by atoms with Crippen LogP contribution in [0.4, 0.5) is 0 Å². The largest absolute Gasteiger partial charge is 0.406 e. The van der Waals surface area contributed by atoms with Crippen molar-refractivity contribution >= 4 is 8.32 Å². The third-order valence-electron chi connectivity index (χ3n) is 6.75. The first-order valence-corrected chi connectivity index (χ1v) is 14.4. The van der Waals surface area contributed by atoms with E-state index in [4.69, 9.17) is 13.9 Å². The number of ether oxygens (including phenoxy) is 2. The molecule has 1 fully saturated rings. The maximum absolute atomic E-state index is 7.07. The molecule has 172 valence electrons. The lowest BCUT2D eigenvalue weighted by molar-refractivity contribution is -0.184. The van der Waals surface area contributed by atoms with Gasteiger partial charge in [0.15, 0.2) is 14.6 Å². The Kier molecular flexibility index (Phi) is 7.61. The van der Waals surface area contributed by atoms with Crippen LogP contribution in [0.1, 0.15) is 56.9 Å². The average molecular weight is 451 g/mol. The number of hydrogen-bond acceptors (Lipinski definition) is 3. The molecule has 1 aliphatic heterocycles. The summed E-state index contributed by atoms with van der Waals surface area (Å²) in [6.45, 7) is 19.4. The Morgan fingerprint density at radius 2 is 1.22 bits per heavy atom. The fourth-order valence-corrected chi connectivity index (χ4v) is 5.62. The second-order valence-electron chi connectivity index (χ2n) is 10.2. The van der Waals surface area contributed by atoms with Crippen LogP contribution in [0.5, 0.6) is 0 Å². The van der Waals surface area contributed by atoms with Gasteiger partial charge in [-0.05, 0) is 42.1 Å². The lowest BCUT2D eigenvalue weighted by atomic mass is 9.94. The molecule has 0 radical (unpaired) electrons. The van der Waals surface area contributed by atoms with Gasteiger partial charge in [-0.1, -0.05) is 93.6 Å². The highest BCUT2D eigenvalue weighted by Crippen LogP contribution is 2.50. The smallest absolute Gasteiger partial charge is 0.193 e. The molecule has 0 saturated carbocycles. The summed E-state index contributed by atoms with van der Waals surface area (Å²) in [6, 6.07) is 20.6. The monoisotopic (exact) mass is 450 g/mol. The Morgan fingerprint density at radius 1 is 0.812 bits per heavy atom. The first-order valence-electron chi connectivity index (χ1n) is 11.5. The molecule has 0 unspecified atom stereocenters. The van der Waals surface area contributed by atoms with Crippen LogP contribution < -0.4 is 0 Å². The highest BCUT2D eigenvalue weighted by atomic mass is 28.4. The summed E-state index contributed by atoms with van der Waals surface area (Å²) in [7, 11) is -2.14. The fourth-order valence-electron chi connectivity index (χ4n) is 4.04. The molecular formula is C28H38O3Si. The van der Waals surface area contributed by atoms with Gasteiger partial charge in [0, 0.05) is 0 Å². The zero-order valence-electron chi connectivity index (χ0n) is 20.2. The van der Waals surface area contributed by atoms with Crippen molar-refractivity contribution < 1.29 is 13.9 Å². The molecule has 1 saturated heterocycles. The molecule has 0 aliphatic carbocycles. The SMILES string of the molecule is C=CCC(CC=C)(O[Si](C)(C)C(C)(C)C)C1O[C@H](c2ccccc2)[C@@H](c2ccccc2)O1. The summed E-state index contributed by atoms with van der Waals surface area (Å²) in [5, 5.41) is 0.0524. The van der Waals surface area contributed by atoms with Crippen LogP contribution in [0, 0.1) is 0 Å². The fraction of sp³-hybridized carbons (Fsp3) is 0.429. The second kappa shape index (κ2) is 9.88. The minimum atomic E-state index is -2.14. The summed E-state index contributed by atoms with van der Waals surface area (Å²) in [4.78, 5) is 0. The van der Waals surface area contributed by atoms with E-state index in [1.54, 1.807) is 0 Å². The Hall–Kier alpha value is -1.98. The number of rotatable bonds is 9. The zero-order chi connectivity index (χ0) is 23.4. The highest BCUT2D eigenvalue weighted by molar-refractivity contribution is 6.74. The van der Waals surface area contributed by atoms with Crippen LogP contribution in [0.15, 0.2) is 86.0 Å². The normalized spacial score (nSPS) is 20.3. The standard InChI is InChI=1S/C28H38O3Si/c1-8-20-28(21-9-2,31-32(6,7)27(3,4)5)26-29-24(22-16-12-10-13-17-22)25(30-26)23-18-14-11-15-19-23/h8-19,24-26H,1-2,20-21H2,3-7H3/t24-,25-/m1/s1. The van der Waals surface area contributed by atoms with E-state index in [9.17, 15) is 0 Å². The molecule has 3 nitrogen and oxygen atoms in total. The molecule has 32 heavy (non-hydrogen) atoms. The van der Waals surface area contributed by atoms with Gasteiger partial charge >= 0.3 is 0 Å². The average Bonchev–Trinajstić information content (AvgIpc) is 3.20. The zero-order valence-corrected chi connectivity index (χ0v) is 21.2. The van der Waals surface area contributed by atoms with Crippen molar-refractivity contribution in [1.29, 1.82) is 0 Å². The number of hydrogen-bond donors (Lipinski definition) is 0. The van der Waals surface area contributed by atoms with Crippen LogP contribution in [0.25, 0.3) is 0 Å². The van der Waals surface area contributed by atoms with Gasteiger partial charge in [-0.25, -0.2) is 0 Å². The van der Waals surface area contributed by atoms with Crippen LogP contribution in [-0.4, -0.2) is 20.2 Å². The van der Waals surface area contributed by atoms with E-state index in [-0.39, 0.29) is 17.2 Å². The molecule has 0 N–H and O–H groups in total. The summed E-state index contributed by atoms with van der Waals surface area (Å²) >= 11 is 0. The maximum atomic E-state index is 7.07. The Balaban J connectivity index is 2.04. The predicted octanol–water partition coefficient (Wildman–Crippen LogP) is 7.75. The van der Waals surface area contributed by atoms with Gasteiger partial charge in [-0.15, -0.1) is 13.2 Å². The van der Waals surface area contributed by atoms with E-state index in [0.717, 1.165) is 11.1 Å². The van der Waals surface area contributed by atoms with Crippen molar-refractivity contribution in [2.75, 3.05) is 0 Å². The quantitative estimate of drug-likeness (QED) is 0.289. The van der Waals surface area contributed by atoms with Gasteiger partial charge in [0.25, 0.3) is 0 Å². The predicted molar refractivity (Wildman–Crippen MR) is 135 cm³/mol. The van der Waals surface area contributed by atoms with Crippen molar-refractivity contribution in [2.45, 2.75) is 75.8 Å². The van der Waals surface area contributed by atoms with Crippen LogP contribution in [0.2, 0.25) is 18.1 Å². The van der Waals surface area contributed by atoms with Gasteiger partial charge < -0.3 is 13.9 Å². The Morgan fingerprint density at radius 3 is 1.56 bits per heavy atom. The van der Waals surface area contributed by atoms with Gasteiger partial charge in [0.2, 0.25) is 0 Å². The van der Waals surface area contributed by atoms with E-state index in [1.807, 2.05) is 48.6 Å². The second-order valence-corrected chi connectivity index (χ2v) is 14.9. The van der Waals surface area contributed by atoms with Crippen molar-refractivity contribution in [2.24, 2.45) is 0 Å². The third kappa shape index (κ3) is 5.15. The summed E-state index contributed by atoms with van der Waals surface area (Å²) < 4.78 is 20.5. The lowest BCUT2D eigenvalue weighted by Gasteiger charge is -2.47. The van der Waals surface area contributed by atoms with E-state index in [0.29, 0.717) is 12.8 Å². The first-order chi connectivity index (χ1) is 15.1. The van der Waals surface area contributed by atoms with Crippen LogP contribution >= 0.6 is 0 Å². The van der Waals surface area contributed by atoms with E-state index in [1.165, 1.54) is 0 Å². The van der Waals surface area contributed by atoms with Crippen molar-refractivity contribution in [1.82, 2.24) is 0 Å². The molecule has 0 spiro atoms. The summed E-state index contributed by atoms with van der Waals surface area (Å²) in [5.41, 5.74) is 1.52. The molecular weight excluding hydrogens is 412 g/mol. The molecule has 0 aromatic heterocycles. The molecule has 2 aromatic rings. The van der Waals surface area contributed by atoms with Crippen molar-refractivity contribution in [3.63, 3.8) is 0 Å². The topological polar surface area (TPSA) is 27.7 Å². The molecule has 0 amide bonds. The molecule has 4 heteroatoms. The highest BCUT2D eigenvalue weighted by Gasteiger charge is 2.53. The van der Waals surface area contributed by atoms with Gasteiger partial charge in [-0.2, -0.15) is 0 Å². The Bertz CT molecular complexity index is 828. The minimum Gasteiger partial charge on any atom is -0.406 e. The molecule has 0 bridgehead atoms. The number of benzene rings is 2. The summed E-state index contributed by atoms with van der Waals surface area (Å²) in [6.07, 6.45) is 4.09. The summed E-state index contributed by atoms with van der Waals surface area (Å²) in [5.74, 6) is 0. The van der Waals surface area contributed by atoms with Gasteiger partial charge in [0.1, 0.15) is 17.8 Å². The molecule has 2 atom stereocenters. The molecule has 3 rings (SSSR count). The van der Waals surface area contributed by atoms with Gasteiger partial charge in [-0.3, -0.25) is 0 Å². The van der Waals surface area contributed by atoms with E-state index in [2.05, 4.69) is 71.3 Å². The van der Waals surface area contributed by atoms with E-state index < -0.39 is 20.2 Å². The first kappa shape index (κ1) is 24.7. The van der Waals surface area contributed by atoms with E-state index >= 15 is 0 Å². The maximum Gasteiger partial charge on any atom is 0.193 e.